The molecule has 0 radical (unpaired) electrons. The molecule has 0 amide bonds. The summed E-state index contributed by atoms with van der Waals surface area (Å²) in [5.74, 6) is 1.51. The fourth-order valence-electron chi connectivity index (χ4n) is 1.48. The second-order valence-corrected chi connectivity index (χ2v) is 5.51. The Kier molecular flexibility index (Phi) is 5.14. The highest BCUT2D eigenvalue weighted by Crippen LogP contribution is 2.15. The molecule has 0 aliphatic rings. The van der Waals surface area contributed by atoms with Gasteiger partial charge in [-0.05, 0) is 35.9 Å². The maximum Gasteiger partial charge on any atom is 0.225 e. The van der Waals surface area contributed by atoms with Crippen molar-refractivity contribution in [2.75, 3.05) is 31.7 Å². The molecular formula is C11H20BrN5. The summed E-state index contributed by atoms with van der Waals surface area (Å²) in [6, 6.07) is 1.97. The largest absolute Gasteiger partial charge is 0.383 e. The van der Waals surface area contributed by atoms with Crippen LogP contribution in [0.2, 0.25) is 0 Å². The van der Waals surface area contributed by atoms with Gasteiger partial charge in [-0.25, -0.2) is 4.98 Å². The molecule has 1 aromatic rings. The van der Waals surface area contributed by atoms with E-state index in [1.54, 1.807) is 6.07 Å². The first-order valence-electron chi connectivity index (χ1n) is 5.60. The molecule has 0 spiro atoms. The second-order valence-electron chi connectivity index (χ2n) is 4.70. The molecule has 0 saturated heterocycles. The monoisotopic (exact) mass is 301 g/mol. The summed E-state index contributed by atoms with van der Waals surface area (Å²) in [4.78, 5) is 10.6. The Balaban J connectivity index is 2.78. The topological polar surface area (TPSA) is 67.1 Å². The van der Waals surface area contributed by atoms with Crippen molar-refractivity contribution in [3.8, 4) is 0 Å². The molecule has 0 aliphatic heterocycles. The molecule has 1 unspecified atom stereocenters. The number of aromatic nitrogens is 2. The van der Waals surface area contributed by atoms with E-state index in [4.69, 9.17) is 5.73 Å². The number of nitrogens with two attached hydrogens (primary N) is 1. The molecule has 1 rings (SSSR count). The van der Waals surface area contributed by atoms with Crippen LogP contribution in [0.5, 0.6) is 0 Å². The fourth-order valence-corrected chi connectivity index (χ4v) is 1.88. The third-order valence-electron chi connectivity index (χ3n) is 2.40. The number of likely N-dealkylation sites (N-methyl/N-ethyl adjacent to an activating group) is 1. The van der Waals surface area contributed by atoms with Gasteiger partial charge in [0, 0.05) is 18.7 Å². The van der Waals surface area contributed by atoms with Gasteiger partial charge in [-0.15, -0.1) is 0 Å². The first-order valence-corrected chi connectivity index (χ1v) is 6.39. The zero-order valence-electron chi connectivity index (χ0n) is 10.7. The van der Waals surface area contributed by atoms with E-state index >= 15 is 0 Å². The first kappa shape index (κ1) is 14.2. The van der Waals surface area contributed by atoms with Crippen LogP contribution < -0.4 is 11.1 Å². The molecular weight excluding hydrogens is 282 g/mol. The fraction of sp³-hybridized carbons (Fsp3) is 0.636. The Morgan fingerprint density at radius 3 is 2.53 bits per heavy atom. The third-order valence-corrected chi connectivity index (χ3v) is 2.80. The van der Waals surface area contributed by atoms with Crippen molar-refractivity contribution in [2.24, 2.45) is 5.92 Å². The van der Waals surface area contributed by atoms with E-state index in [1.807, 2.05) is 14.1 Å². The van der Waals surface area contributed by atoms with Gasteiger partial charge in [-0.1, -0.05) is 13.8 Å². The lowest BCUT2D eigenvalue weighted by Crippen LogP contribution is -2.37. The number of nitrogens with one attached hydrogen (secondary N) is 1. The number of halogens is 1. The van der Waals surface area contributed by atoms with Crippen molar-refractivity contribution in [2.45, 2.75) is 19.9 Å². The second kappa shape index (κ2) is 6.16. The summed E-state index contributed by atoms with van der Waals surface area (Å²) in [6.45, 7) is 5.26. The quantitative estimate of drug-likeness (QED) is 0.812. The zero-order valence-corrected chi connectivity index (χ0v) is 12.3. The molecule has 0 bridgehead atoms. The Hall–Kier alpha value is -0.880. The van der Waals surface area contributed by atoms with Crippen LogP contribution in [0.4, 0.5) is 11.8 Å². The van der Waals surface area contributed by atoms with Gasteiger partial charge in [0.15, 0.2) is 0 Å². The Bertz CT molecular complexity index is 347. The Morgan fingerprint density at radius 1 is 1.41 bits per heavy atom. The number of anilines is 2. The number of nitrogens with zero attached hydrogens (tertiary/aromatic N) is 3. The molecule has 0 fully saturated rings. The normalized spacial score (nSPS) is 13.1. The number of rotatable bonds is 5. The van der Waals surface area contributed by atoms with Crippen LogP contribution in [0, 0.1) is 5.92 Å². The molecule has 1 aromatic heterocycles. The van der Waals surface area contributed by atoms with Gasteiger partial charge in [0.05, 0.1) is 0 Å². The predicted molar refractivity (Wildman–Crippen MR) is 74.9 cm³/mol. The van der Waals surface area contributed by atoms with Crippen molar-refractivity contribution < 1.29 is 0 Å². The van der Waals surface area contributed by atoms with Crippen molar-refractivity contribution in [3.05, 3.63) is 10.7 Å². The highest BCUT2D eigenvalue weighted by molar-refractivity contribution is 9.10. The summed E-state index contributed by atoms with van der Waals surface area (Å²) in [6.07, 6.45) is 0. The number of hydrogen-bond donors (Lipinski definition) is 2. The van der Waals surface area contributed by atoms with Crippen LogP contribution in [-0.4, -0.2) is 41.5 Å². The number of nitrogen functional groups attached to an aromatic ring is 1. The molecule has 0 aliphatic carbocycles. The molecule has 96 valence electrons. The lowest BCUT2D eigenvalue weighted by Gasteiger charge is -2.25. The predicted octanol–water partition coefficient (Wildman–Crippen LogP) is 1.82. The van der Waals surface area contributed by atoms with E-state index < -0.39 is 0 Å². The minimum atomic E-state index is 0.290. The molecule has 6 heteroatoms. The van der Waals surface area contributed by atoms with Crippen molar-refractivity contribution in [3.63, 3.8) is 0 Å². The van der Waals surface area contributed by atoms with Crippen molar-refractivity contribution >= 4 is 27.7 Å². The lowest BCUT2D eigenvalue weighted by molar-refractivity contribution is 0.343. The van der Waals surface area contributed by atoms with Crippen molar-refractivity contribution in [1.82, 2.24) is 14.9 Å². The minimum Gasteiger partial charge on any atom is -0.383 e. The van der Waals surface area contributed by atoms with Crippen LogP contribution in [-0.2, 0) is 0 Å². The van der Waals surface area contributed by atoms with Gasteiger partial charge in [0.25, 0.3) is 0 Å². The molecule has 1 atom stereocenters. The van der Waals surface area contributed by atoms with Crippen LogP contribution in [0.1, 0.15) is 13.8 Å². The highest BCUT2D eigenvalue weighted by Gasteiger charge is 2.15. The Labute approximate surface area is 111 Å². The molecule has 1 heterocycles. The van der Waals surface area contributed by atoms with E-state index in [2.05, 4.69) is 50.0 Å². The van der Waals surface area contributed by atoms with Gasteiger partial charge in [0.2, 0.25) is 5.95 Å². The number of hydrogen-bond acceptors (Lipinski definition) is 5. The van der Waals surface area contributed by atoms with Gasteiger partial charge >= 0.3 is 0 Å². The SMILES string of the molecule is CC(C)C(CN(C)C)Nc1nc(N)cc(Br)n1. The minimum absolute atomic E-state index is 0.290. The summed E-state index contributed by atoms with van der Waals surface area (Å²) in [5, 5.41) is 3.32. The first-order chi connectivity index (χ1) is 7.88. The standard InChI is InChI=1S/C11H20BrN5/c1-7(2)8(6-17(3)4)14-11-15-9(12)5-10(13)16-11/h5,7-8H,6H2,1-4H3,(H3,13,14,15,16). The maximum absolute atomic E-state index is 5.68. The average Bonchev–Trinajstić information content (AvgIpc) is 2.13. The van der Waals surface area contributed by atoms with Crippen molar-refractivity contribution in [1.29, 1.82) is 0 Å². The molecule has 5 nitrogen and oxygen atoms in total. The van der Waals surface area contributed by atoms with E-state index in [0.717, 1.165) is 6.54 Å². The van der Waals surface area contributed by atoms with Gasteiger partial charge in [0.1, 0.15) is 10.4 Å². The van der Waals surface area contributed by atoms with Crippen LogP contribution in [0.25, 0.3) is 0 Å². The maximum atomic E-state index is 5.68. The van der Waals surface area contributed by atoms with Crippen LogP contribution in [0.3, 0.4) is 0 Å². The molecule has 17 heavy (non-hydrogen) atoms. The van der Waals surface area contributed by atoms with E-state index in [9.17, 15) is 0 Å². The van der Waals surface area contributed by atoms with Gasteiger partial charge in [-0.2, -0.15) is 4.98 Å². The van der Waals surface area contributed by atoms with E-state index in [1.165, 1.54) is 0 Å². The van der Waals surface area contributed by atoms with E-state index in [0.29, 0.717) is 28.3 Å². The average molecular weight is 302 g/mol. The van der Waals surface area contributed by atoms with Gasteiger partial charge in [-0.3, -0.25) is 0 Å². The highest BCUT2D eigenvalue weighted by atomic mass is 79.9. The summed E-state index contributed by atoms with van der Waals surface area (Å²) in [5.41, 5.74) is 5.68. The van der Waals surface area contributed by atoms with Gasteiger partial charge < -0.3 is 16.0 Å². The molecule has 3 N–H and O–H groups in total. The summed E-state index contributed by atoms with van der Waals surface area (Å²) in [7, 11) is 4.10. The Morgan fingerprint density at radius 2 is 2.06 bits per heavy atom. The van der Waals surface area contributed by atoms with E-state index in [-0.39, 0.29) is 0 Å². The third kappa shape index (κ3) is 4.87. The molecule has 0 aromatic carbocycles. The summed E-state index contributed by atoms with van der Waals surface area (Å²) >= 11 is 3.31. The molecule has 0 saturated carbocycles. The summed E-state index contributed by atoms with van der Waals surface area (Å²) < 4.78 is 0.694. The smallest absolute Gasteiger partial charge is 0.225 e. The lowest BCUT2D eigenvalue weighted by atomic mass is 10.0. The van der Waals surface area contributed by atoms with Crippen LogP contribution >= 0.6 is 15.9 Å². The van der Waals surface area contributed by atoms with Crippen LogP contribution in [0.15, 0.2) is 10.7 Å². The zero-order chi connectivity index (χ0) is 13.0.